The Morgan fingerprint density at radius 3 is 2.83 bits per heavy atom. The van der Waals surface area contributed by atoms with Crippen LogP contribution in [0.5, 0.6) is 0 Å². The fourth-order valence-electron chi connectivity index (χ4n) is 2.99. The Bertz CT molecular complexity index is 762. The number of carbonyl (C=O) groups is 2. The Balaban J connectivity index is 1.82. The number of anilines is 2. The number of aromatic nitrogens is 1. The van der Waals surface area contributed by atoms with Gasteiger partial charge in [0.15, 0.2) is 0 Å². The molecule has 6 heteroatoms. The van der Waals surface area contributed by atoms with Gasteiger partial charge in [-0.3, -0.25) is 9.59 Å². The number of nitrogens with one attached hydrogen (secondary N) is 1. The number of para-hydroxylation sites is 2. The van der Waals surface area contributed by atoms with Crippen LogP contribution in [0.25, 0.3) is 0 Å². The molecule has 3 rings (SSSR count). The minimum Gasteiger partial charge on any atom is -0.361 e. The van der Waals surface area contributed by atoms with E-state index in [4.69, 9.17) is 4.52 Å². The van der Waals surface area contributed by atoms with Crippen LogP contribution in [-0.4, -0.2) is 23.5 Å². The molecule has 1 aliphatic heterocycles. The predicted octanol–water partition coefficient (Wildman–Crippen LogP) is 2.85. The van der Waals surface area contributed by atoms with E-state index in [9.17, 15) is 9.59 Å². The second-order valence-corrected chi connectivity index (χ2v) is 6.21. The van der Waals surface area contributed by atoms with Gasteiger partial charge in [0.1, 0.15) is 5.76 Å². The quantitative estimate of drug-likeness (QED) is 0.940. The molecule has 126 valence electrons. The third-order valence-corrected chi connectivity index (χ3v) is 4.43. The topological polar surface area (TPSA) is 75.4 Å². The van der Waals surface area contributed by atoms with E-state index in [2.05, 4.69) is 10.5 Å². The minimum absolute atomic E-state index is 0.00852. The van der Waals surface area contributed by atoms with E-state index in [1.165, 1.54) is 0 Å². The minimum atomic E-state index is -0.264. The predicted molar refractivity (Wildman–Crippen MR) is 90.9 cm³/mol. The van der Waals surface area contributed by atoms with E-state index in [1.54, 1.807) is 4.90 Å². The smallest absolute Gasteiger partial charge is 0.229 e. The van der Waals surface area contributed by atoms with E-state index in [-0.39, 0.29) is 17.7 Å². The van der Waals surface area contributed by atoms with Gasteiger partial charge in [-0.25, -0.2) is 0 Å². The summed E-state index contributed by atoms with van der Waals surface area (Å²) in [5.74, 6) is 0.413. The van der Waals surface area contributed by atoms with Crippen molar-refractivity contribution in [3.8, 4) is 0 Å². The summed E-state index contributed by atoms with van der Waals surface area (Å²) >= 11 is 0. The Kier molecular flexibility index (Phi) is 4.38. The SMILES string of the molecule is Cc1noc(C)c1CCC(=O)N1C[C@H](C)C(=O)Nc2ccccc21. The zero-order chi connectivity index (χ0) is 17.3. The van der Waals surface area contributed by atoms with Crippen LogP contribution < -0.4 is 10.2 Å². The van der Waals surface area contributed by atoms with Crippen LogP contribution in [0.15, 0.2) is 28.8 Å². The van der Waals surface area contributed by atoms with E-state index in [0.29, 0.717) is 25.1 Å². The summed E-state index contributed by atoms with van der Waals surface area (Å²) < 4.78 is 5.15. The summed E-state index contributed by atoms with van der Waals surface area (Å²) in [7, 11) is 0. The lowest BCUT2D eigenvalue weighted by molar-refractivity contribution is -0.120. The van der Waals surface area contributed by atoms with Crippen molar-refractivity contribution in [2.24, 2.45) is 5.92 Å². The van der Waals surface area contributed by atoms with Gasteiger partial charge < -0.3 is 14.7 Å². The molecule has 0 unspecified atom stereocenters. The summed E-state index contributed by atoms with van der Waals surface area (Å²) in [6, 6.07) is 7.40. The Labute approximate surface area is 140 Å². The first kappa shape index (κ1) is 16.2. The number of amides is 2. The van der Waals surface area contributed by atoms with E-state index in [0.717, 1.165) is 22.7 Å². The van der Waals surface area contributed by atoms with Crippen molar-refractivity contribution in [1.82, 2.24) is 5.16 Å². The molecule has 1 aromatic carbocycles. The van der Waals surface area contributed by atoms with Gasteiger partial charge in [-0.15, -0.1) is 0 Å². The van der Waals surface area contributed by atoms with Crippen LogP contribution in [0.2, 0.25) is 0 Å². The van der Waals surface area contributed by atoms with Crippen molar-refractivity contribution >= 4 is 23.2 Å². The van der Waals surface area contributed by atoms with Crippen molar-refractivity contribution in [2.75, 3.05) is 16.8 Å². The first-order valence-corrected chi connectivity index (χ1v) is 8.09. The Morgan fingerprint density at radius 1 is 1.38 bits per heavy atom. The maximum atomic E-state index is 12.8. The standard InChI is InChI=1S/C18H21N3O3/c1-11-10-21(16-7-5-4-6-15(16)19-18(11)23)17(22)9-8-14-12(2)20-24-13(14)3/h4-7,11H,8-10H2,1-3H3,(H,19,23)/t11-/m0/s1. The van der Waals surface area contributed by atoms with Gasteiger partial charge in [-0.2, -0.15) is 0 Å². The largest absolute Gasteiger partial charge is 0.361 e. The van der Waals surface area contributed by atoms with Gasteiger partial charge in [0.25, 0.3) is 0 Å². The third kappa shape index (κ3) is 3.04. The molecule has 1 atom stereocenters. The van der Waals surface area contributed by atoms with Crippen LogP contribution in [0.3, 0.4) is 0 Å². The molecule has 1 aromatic heterocycles. The first-order valence-electron chi connectivity index (χ1n) is 8.09. The molecular formula is C18H21N3O3. The maximum absolute atomic E-state index is 12.8. The molecule has 2 aromatic rings. The molecule has 0 saturated carbocycles. The molecule has 0 aliphatic carbocycles. The van der Waals surface area contributed by atoms with Crippen LogP contribution >= 0.6 is 0 Å². The third-order valence-electron chi connectivity index (χ3n) is 4.43. The van der Waals surface area contributed by atoms with Crippen LogP contribution in [0.4, 0.5) is 11.4 Å². The first-order chi connectivity index (χ1) is 11.5. The van der Waals surface area contributed by atoms with Crippen molar-refractivity contribution in [1.29, 1.82) is 0 Å². The van der Waals surface area contributed by atoms with Crippen molar-refractivity contribution in [2.45, 2.75) is 33.6 Å². The number of nitrogens with zero attached hydrogens (tertiary/aromatic N) is 2. The molecule has 0 fully saturated rings. The van der Waals surface area contributed by atoms with E-state index in [1.807, 2.05) is 45.0 Å². The Hall–Kier alpha value is -2.63. The molecule has 1 aliphatic rings. The van der Waals surface area contributed by atoms with Crippen molar-refractivity contribution < 1.29 is 14.1 Å². The van der Waals surface area contributed by atoms with Gasteiger partial charge in [0, 0.05) is 18.5 Å². The van der Waals surface area contributed by atoms with Crippen molar-refractivity contribution in [3.63, 3.8) is 0 Å². The zero-order valence-corrected chi connectivity index (χ0v) is 14.1. The van der Waals surface area contributed by atoms with Crippen molar-refractivity contribution in [3.05, 3.63) is 41.3 Å². The second-order valence-electron chi connectivity index (χ2n) is 6.21. The Morgan fingerprint density at radius 2 is 2.12 bits per heavy atom. The number of hydrogen-bond donors (Lipinski definition) is 1. The average molecular weight is 327 g/mol. The number of carbonyl (C=O) groups excluding carboxylic acids is 2. The molecule has 0 bridgehead atoms. The lowest BCUT2D eigenvalue weighted by Gasteiger charge is -2.23. The van der Waals surface area contributed by atoms with E-state index < -0.39 is 0 Å². The maximum Gasteiger partial charge on any atom is 0.229 e. The van der Waals surface area contributed by atoms with Gasteiger partial charge in [0.2, 0.25) is 11.8 Å². The molecule has 1 N–H and O–H groups in total. The monoisotopic (exact) mass is 327 g/mol. The summed E-state index contributed by atoms with van der Waals surface area (Å²) in [5, 5.41) is 6.81. The molecule has 2 heterocycles. The molecule has 0 radical (unpaired) electrons. The molecular weight excluding hydrogens is 306 g/mol. The summed E-state index contributed by atoms with van der Waals surface area (Å²) in [6.45, 7) is 5.94. The highest BCUT2D eigenvalue weighted by Gasteiger charge is 2.28. The van der Waals surface area contributed by atoms with Gasteiger partial charge in [0.05, 0.1) is 23.0 Å². The number of fused-ring (bicyclic) bond motifs is 1. The zero-order valence-electron chi connectivity index (χ0n) is 14.1. The average Bonchev–Trinajstić information content (AvgIpc) is 2.82. The fraction of sp³-hybridized carbons (Fsp3) is 0.389. The normalized spacial score (nSPS) is 17.2. The highest BCUT2D eigenvalue weighted by atomic mass is 16.5. The van der Waals surface area contributed by atoms with Gasteiger partial charge in [-0.05, 0) is 32.4 Å². The van der Waals surface area contributed by atoms with Gasteiger partial charge >= 0.3 is 0 Å². The van der Waals surface area contributed by atoms with Gasteiger partial charge in [-0.1, -0.05) is 24.2 Å². The number of rotatable bonds is 3. The van der Waals surface area contributed by atoms with E-state index >= 15 is 0 Å². The molecule has 24 heavy (non-hydrogen) atoms. The lowest BCUT2D eigenvalue weighted by Crippen LogP contribution is -2.36. The van der Waals surface area contributed by atoms with Crippen LogP contribution in [0, 0.1) is 19.8 Å². The highest BCUT2D eigenvalue weighted by Crippen LogP contribution is 2.30. The second kappa shape index (κ2) is 6.47. The summed E-state index contributed by atoms with van der Waals surface area (Å²) in [5.41, 5.74) is 3.23. The highest BCUT2D eigenvalue weighted by molar-refractivity contribution is 6.04. The lowest BCUT2D eigenvalue weighted by atomic mass is 10.1. The number of hydrogen-bond acceptors (Lipinski definition) is 4. The van der Waals surface area contributed by atoms with Crippen LogP contribution in [-0.2, 0) is 16.0 Å². The van der Waals surface area contributed by atoms with Crippen LogP contribution in [0.1, 0.15) is 30.4 Å². The summed E-state index contributed by atoms with van der Waals surface area (Å²) in [6.07, 6.45) is 0.923. The molecule has 6 nitrogen and oxygen atoms in total. The summed E-state index contributed by atoms with van der Waals surface area (Å²) in [4.78, 5) is 26.6. The molecule has 2 amide bonds. The molecule has 0 spiro atoms. The number of benzene rings is 1. The number of aryl methyl sites for hydroxylation is 2. The molecule has 0 saturated heterocycles. The fourth-order valence-corrected chi connectivity index (χ4v) is 2.99.